The first-order valence-corrected chi connectivity index (χ1v) is 9.80. The monoisotopic (exact) mass is 386 g/mol. The lowest BCUT2D eigenvalue weighted by Crippen LogP contribution is -2.38. The van der Waals surface area contributed by atoms with Gasteiger partial charge in [0.1, 0.15) is 17.6 Å². The molecule has 0 unspecified atom stereocenters. The standard InChI is InChI=1S/C23H22N4O2/c24-15-18(23-25-20-6-2-3-7-21(20)26-23)14-17-8-10-19(11-9-17)29-16-22(28)27-12-4-1-5-13-27/h2-3,6-11,14H,1,4-5,12-13,16H2,(H,25,26). The van der Waals surface area contributed by atoms with Crippen molar-refractivity contribution in [1.29, 1.82) is 5.26 Å². The Balaban J connectivity index is 1.42. The van der Waals surface area contributed by atoms with Crippen molar-refractivity contribution in [1.82, 2.24) is 14.9 Å². The van der Waals surface area contributed by atoms with Crippen LogP contribution < -0.4 is 4.74 Å². The first kappa shape index (κ1) is 18.8. The number of fused-ring (bicyclic) bond motifs is 1. The molecule has 4 rings (SSSR count). The molecule has 0 bridgehead atoms. The molecule has 1 aliphatic heterocycles. The highest BCUT2D eigenvalue weighted by Crippen LogP contribution is 2.21. The smallest absolute Gasteiger partial charge is 0.260 e. The van der Waals surface area contributed by atoms with Gasteiger partial charge in [0.05, 0.1) is 16.6 Å². The molecule has 1 aliphatic rings. The number of benzene rings is 2. The summed E-state index contributed by atoms with van der Waals surface area (Å²) in [4.78, 5) is 21.7. The summed E-state index contributed by atoms with van der Waals surface area (Å²) in [6.07, 6.45) is 5.11. The molecule has 6 heteroatoms. The third kappa shape index (κ3) is 4.46. The molecule has 2 aromatic carbocycles. The number of hydrogen-bond acceptors (Lipinski definition) is 4. The van der Waals surface area contributed by atoms with E-state index in [-0.39, 0.29) is 12.5 Å². The molecule has 1 amide bonds. The molecule has 0 atom stereocenters. The molecule has 0 spiro atoms. The van der Waals surface area contributed by atoms with Crippen LogP contribution in [0.15, 0.2) is 48.5 Å². The zero-order chi connectivity index (χ0) is 20.1. The Bertz CT molecular complexity index is 1040. The SMILES string of the molecule is N#CC(=Cc1ccc(OCC(=O)N2CCCCC2)cc1)c1nc2ccccc2[nH]1. The van der Waals surface area contributed by atoms with Gasteiger partial charge in [-0.1, -0.05) is 24.3 Å². The number of ether oxygens (including phenoxy) is 1. The Kier molecular flexibility index (Phi) is 5.57. The predicted octanol–water partition coefficient (Wildman–Crippen LogP) is 4.02. The van der Waals surface area contributed by atoms with E-state index in [9.17, 15) is 10.1 Å². The van der Waals surface area contributed by atoms with Gasteiger partial charge in [-0.25, -0.2) is 4.98 Å². The Morgan fingerprint density at radius 3 is 2.62 bits per heavy atom. The summed E-state index contributed by atoms with van der Waals surface area (Å²) in [5, 5.41) is 9.54. The molecule has 2 heterocycles. The average Bonchev–Trinajstić information content (AvgIpc) is 3.21. The molecular formula is C23H22N4O2. The van der Waals surface area contributed by atoms with Gasteiger partial charge in [0.2, 0.25) is 0 Å². The largest absolute Gasteiger partial charge is 0.484 e. The average molecular weight is 386 g/mol. The zero-order valence-electron chi connectivity index (χ0n) is 16.1. The maximum Gasteiger partial charge on any atom is 0.260 e. The first-order valence-electron chi connectivity index (χ1n) is 9.80. The first-order chi connectivity index (χ1) is 14.2. The Hall–Kier alpha value is -3.59. The lowest BCUT2D eigenvalue weighted by molar-refractivity contribution is -0.134. The number of imidazole rings is 1. The van der Waals surface area contributed by atoms with Crippen molar-refractivity contribution < 1.29 is 9.53 Å². The number of nitrogens with zero attached hydrogens (tertiary/aromatic N) is 3. The quantitative estimate of drug-likeness (QED) is 0.672. The van der Waals surface area contributed by atoms with Gasteiger partial charge >= 0.3 is 0 Å². The van der Waals surface area contributed by atoms with Crippen molar-refractivity contribution in [3.8, 4) is 11.8 Å². The zero-order valence-corrected chi connectivity index (χ0v) is 16.1. The molecule has 1 aromatic heterocycles. The number of para-hydroxylation sites is 2. The van der Waals surface area contributed by atoms with Crippen molar-refractivity contribution in [3.63, 3.8) is 0 Å². The summed E-state index contributed by atoms with van der Waals surface area (Å²) in [6, 6.07) is 17.2. The maximum atomic E-state index is 12.2. The van der Waals surface area contributed by atoms with E-state index < -0.39 is 0 Å². The fourth-order valence-electron chi connectivity index (χ4n) is 3.44. The topological polar surface area (TPSA) is 82.0 Å². The molecule has 0 radical (unpaired) electrons. The fourth-order valence-corrected chi connectivity index (χ4v) is 3.44. The molecule has 0 aliphatic carbocycles. The molecule has 3 aromatic rings. The van der Waals surface area contributed by atoms with Gasteiger partial charge in [-0.2, -0.15) is 5.26 Å². The normalized spacial score (nSPS) is 14.6. The number of nitriles is 1. The highest BCUT2D eigenvalue weighted by molar-refractivity contribution is 5.90. The van der Waals surface area contributed by atoms with Gasteiger partial charge in [0.15, 0.2) is 6.61 Å². The van der Waals surface area contributed by atoms with E-state index in [1.165, 1.54) is 6.42 Å². The van der Waals surface area contributed by atoms with Crippen LogP contribution in [0.3, 0.4) is 0 Å². The second kappa shape index (κ2) is 8.61. The Morgan fingerprint density at radius 1 is 1.14 bits per heavy atom. The lowest BCUT2D eigenvalue weighted by atomic mass is 10.1. The second-order valence-electron chi connectivity index (χ2n) is 7.07. The summed E-state index contributed by atoms with van der Waals surface area (Å²) >= 11 is 0. The van der Waals surface area contributed by atoms with E-state index in [0.717, 1.165) is 42.5 Å². The number of piperidine rings is 1. The van der Waals surface area contributed by atoms with Crippen molar-refractivity contribution in [2.45, 2.75) is 19.3 Å². The summed E-state index contributed by atoms with van der Waals surface area (Å²) in [5.74, 6) is 1.21. The number of aromatic nitrogens is 2. The van der Waals surface area contributed by atoms with Crippen LogP contribution in [-0.2, 0) is 4.79 Å². The number of allylic oxidation sites excluding steroid dienone is 1. The van der Waals surface area contributed by atoms with Gasteiger partial charge < -0.3 is 14.6 Å². The van der Waals surface area contributed by atoms with Crippen LogP contribution in [0.25, 0.3) is 22.7 Å². The second-order valence-corrected chi connectivity index (χ2v) is 7.07. The number of carbonyl (C=O) groups is 1. The molecule has 1 fully saturated rings. The number of hydrogen-bond donors (Lipinski definition) is 1. The summed E-state index contributed by atoms with van der Waals surface area (Å²) < 4.78 is 5.64. The molecule has 1 N–H and O–H groups in total. The molecule has 6 nitrogen and oxygen atoms in total. The van der Waals surface area contributed by atoms with Gasteiger partial charge in [0, 0.05) is 13.1 Å². The predicted molar refractivity (Wildman–Crippen MR) is 112 cm³/mol. The van der Waals surface area contributed by atoms with Crippen LogP contribution in [0.2, 0.25) is 0 Å². The fraction of sp³-hybridized carbons (Fsp3) is 0.261. The number of amides is 1. The minimum atomic E-state index is 0.0327. The van der Waals surface area contributed by atoms with E-state index >= 15 is 0 Å². The number of H-pyrrole nitrogens is 1. The third-order valence-corrected chi connectivity index (χ3v) is 5.03. The van der Waals surface area contributed by atoms with Crippen LogP contribution >= 0.6 is 0 Å². The molecule has 1 saturated heterocycles. The Labute approximate surface area is 169 Å². The summed E-state index contributed by atoms with van der Waals surface area (Å²) in [7, 11) is 0. The highest BCUT2D eigenvalue weighted by atomic mass is 16.5. The Morgan fingerprint density at radius 2 is 1.90 bits per heavy atom. The van der Waals surface area contributed by atoms with Crippen LogP contribution in [0.5, 0.6) is 5.75 Å². The highest BCUT2D eigenvalue weighted by Gasteiger charge is 2.16. The third-order valence-electron chi connectivity index (χ3n) is 5.03. The van der Waals surface area contributed by atoms with Crippen LogP contribution in [0.1, 0.15) is 30.7 Å². The number of aromatic amines is 1. The van der Waals surface area contributed by atoms with Gasteiger partial charge in [0.25, 0.3) is 5.91 Å². The van der Waals surface area contributed by atoms with Crippen molar-refractivity contribution in [2.75, 3.05) is 19.7 Å². The number of rotatable bonds is 5. The van der Waals surface area contributed by atoms with Crippen molar-refractivity contribution in [2.24, 2.45) is 0 Å². The van der Waals surface area contributed by atoms with Crippen LogP contribution in [-0.4, -0.2) is 40.5 Å². The lowest BCUT2D eigenvalue weighted by Gasteiger charge is -2.26. The van der Waals surface area contributed by atoms with Gasteiger partial charge in [-0.05, 0) is 55.2 Å². The number of likely N-dealkylation sites (tertiary alicyclic amines) is 1. The van der Waals surface area contributed by atoms with E-state index in [2.05, 4.69) is 16.0 Å². The molecular weight excluding hydrogens is 364 g/mol. The minimum Gasteiger partial charge on any atom is -0.484 e. The van der Waals surface area contributed by atoms with Crippen LogP contribution in [0, 0.1) is 11.3 Å². The van der Waals surface area contributed by atoms with Gasteiger partial charge in [-0.15, -0.1) is 0 Å². The van der Waals surface area contributed by atoms with E-state index in [4.69, 9.17) is 4.74 Å². The summed E-state index contributed by atoms with van der Waals surface area (Å²) in [6.45, 7) is 1.70. The number of nitrogens with one attached hydrogen (secondary N) is 1. The molecule has 146 valence electrons. The molecule has 29 heavy (non-hydrogen) atoms. The van der Waals surface area contributed by atoms with Gasteiger partial charge in [-0.3, -0.25) is 4.79 Å². The summed E-state index contributed by atoms with van der Waals surface area (Å²) in [5.41, 5.74) is 3.03. The van der Waals surface area contributed by atoms with E-state index in [1.807, 2.05) is 53.4 Å². The van der Waals surface area contributed by atoms with Crippen molar-refractivity contribution in [3.05, 3.63) is 59.9 Å². The van der Waals surface area contributed by atoms with Crippen molar-refractivity contribution >= 4 is 28.6 Å². The maximum absolute atomic E-state index is 12.2. The van der Waals surface area contributed by atoms with E-state index in [1.54, 1.807) is 6.08 Å². The molecule has 0 saturated carbocycles. The van der Waals surface area contributed by atoms with E-state index in [0.29, 0.717) is 17.1 Å². The van der Waals surface area contributed by atoms with Crippen LogP contribution in [0.4, 0.5) is 0 Å². The number of carbonyl (C=O) groups excluding carboxylic acids is 1. The minimum absolute atomic E-state index is 0.0327.